The molecule has 1 aromatic carbocycles. The van der Waals surface area contributed by atoms with E-state index in [1.807, 2.05) is 0 Å². The van der Waals surface area contributed by atoms with E-state index in [2.05, 4.69) is 24.3 Å². The van der Waals surface area contributed by atoms with Crippen molar-refractivity contribution in [3.8, 4) is 0 Å². The van der Waals surface area contributed by atoms with Gasteiger partial charge in [-0.25, -0.2) is 0 Å². The summed E-state index contributed by atoms with van der Waals surface area (Å²) in [5.41, 5.74) is 2.51. The summed E-state index contributed by atoms with van der Waals surface area (Å²) in [6.07, 6.45) is 6.69. The Morgan fingerprint density at radius 3 is 2.93 bits per heavy atom. The first-order valence-electron chi connectivity index (χ1n) is 6.10. The smallest absolute Gasteiger partial charge is 0.0719 e. The van der Waals surface area contributed by atoms with E-state index < -0.39 is 0 Å². The molecule has 3 rings (SSSR count). The van der Waals surface area contributed by atoms with E-state index in [-0.39, 0.29) is 5.60 Å². The van der Waals surface area contributed by atoms with Crippen LogP contribution in [-0.2, 0) is 6.42 Å². The van der Waals surface area contributed by atoms with Crippen LogP contribution in [0.15, 0.2) is 24.3 Å². The topological polar surface area (TPSA) is 20.2 Å². The summed E-state index contributed by atoms with van der Waals surface area (Å²) >= 11 is 0. The summed E-state index contributed by atoms with van der Waals surface area (Å²) in [6, 6.07) is 8.67. The highest BCUT2D eigenvalue weighted by Gasteiger charge is 2.42. The van der Waals surface area contributed by atoms with Gasteiger partial charge in [-0.1, -0.05) is 37.1 Å². The number of fused-ring (bicyclic) bond motifs is 3. The lowest BCUT2D eigenvalue weighted by Gasteiger charge is -2.44. The normalized spacial score (nSPS) is 34.3. The second kappa shape index (κ2) is 3.34. The van der Waals surface area contributed by atoms with Gasteiger partial charge in [0.15, 0.2) is 0 Å². The molecule has 2 atom stereocenters. The molecule has 0 bridgehead atoms. The summed E-state index contributed by atoms with van der Waals surface area (Å²) in [5.74, 6) is 0.413. The molecule has 1 heteroatoms. The van der Waals surface area contributed by atoms with Gasteiger partial charge < -0.3 is 5.11 Å². The van der Waals surface area contributed by atoms with E-state index in [0.29, 0.717) is 5.92 Å². The van der Waals surface area contributed by atoms with Crippen molar-refractivity contribution in [2.45, 2.75) is 50.0 Å². The Morgan fingerprint density at radius 2 is 2.00 bits per heavy atom. The molecular weight excluding hydrogens is 184 g/mol. The minimum Gasteiger partial charge on any atom is -0.389 e. The van der Waals surface area contributed by atoms with Gasteiger partial charge in [-0.2, -0.15) is 0 Å². The molecule has 0 saturated heterocycles. The first kappa shape index (κ1) is 9.41. The van der Waals surface area contributed by atoms with Crippen LogP contribution in [0, 0.1) is 0 Å². The molecule has 1 nitrogen and oxygen atoms in total. The van der Waals surface area contributed by atoms with Gasteiger partial charge in [0.05, 0.1) is 5.60 Å². The van der Waals surface area contributed by atoms with Crippen molar-refractivity contribution in [3.05, 3.63) is 35.4 Å². The van der Waals surface area contributed by atoms with Crippen molar-refractivity contribution in [2.24, 2.45) is 0 Å². The van der Waals surface area contributed by atoms with Gasteiger partial charge in [0.2, 0.25) is 0 Å². The van der Waals surface area contributed by atoms with Crippen LogP contribution in [0.3, 0.4) is 0 Å². The minimum atomic E-state index is -0.382. The Hall–Kier alpha value is -0.820. The standard InChI is InChI=1S/C14H18O/c15-14-9-4-3-7-13(14)12-6-2-1-5-11(12)8-10-14/h1-2,5-6,13,15H,3-4,7-10H2. The fourth-order valence-corrected chi connectivity index (χ4v) is 3.42. The number of rotatable bonds is 0. The highest BCUT2D eigenvalue weighted by atomic mass is 16.3. The van der Waals surface area contributed by atoms with Crippen molar-refractivity contribution in [2.75, 3.05) is 0 Å². The van der Waals surface area contributed by atoms with Crippen molar-refractivity contribution >= 4 is 0 Å². The third-order valence-corrected chi connectivity index (χ3v) is 4.26. The fourth-order valence-electron chi connectivity index (χ4n) is 3.42. The predicted molar refractivity (Wildman–Crippen MR) is 60.9 cm³/mol. The van der Waals surface area contributed by atoms with Crippen molar-refractivity contribution in [1.82, 2.24) is 0 Å². The molecule has 2 aliphatic carbocycles. The van der Waals surface area contributed by atoms with Crippen molar-refractivity contribution in [1.29, 1.82) is 0 Å². The SMILES string of the molecule is OC12CCCCC1c1ccccc1CC2. The maximum absolute atomic E-state index is 10.6. The van der Waals surface area contributed by atoms with Crippen LogP contribution in [0.25, 0.3) is 0 Å². The van der Waals surface area contributed by atoms with Gasteiger partial charge >= 0.3 is 0 Å². The average molecular weight is 202 g/mol. The highest BCUT2D eigenvalue weighted by Crippen LogP contribution is 2.47. The molecule has 1 aromatic rings. The monoisotopic (exact) mass is 202 g/mol. The van der Waals surface area contributed by atoms with E-state index in [0.717, 1.165) is 19.3 Å². The van der Waals surface area contributed by atoms with Crippen LogP contribution in [0.2, 0.25) is 0 Å². The van der Waals surface area contributed by atoms with E-state index in [4.69, 9.17) is 0 Å². The van der Waals surface area contributed by atoms with Crippen LogP contribution >= 0.6 is 0 Å². The van der Waals surface area contributed by atoms with Crippen LogP contribution in [0.4, 0.5) is 0 Å². The van der Waals surface area contributed by atoms with E-state index in [1.54, 1.807) is 0 Å². The molecule has 0 spiro atoms. The fraction of sp³-hybridized carbons (Fsp3) is 0.571. The molecule has 2 aliphatic rings. The van der Waals surface area contributed by atoms with Crippen LogP contribution in [-0.4, -0.2) is 10.7 Å². The zero-order chi connectivity index (χ0) is 10.3. The Bertz CT molecular complexity index is 371. The Labute approximate surface area is 91.1 Å². The van der Waals surface area contributed by atoms with E-state index >= 15 is 0 Å². The molecule has 1 N–H and O–H groups in total. The van der Waals surface area contributed by atoms with Crippen molar-refractivity contribution in [3.63, 3.8) is 0 Å². The van der Waals surface area contributed by atoms with Crippen molar-refractivity contribution < 1.29 is 5.11 Å². The number of aliphatic hydroxyl groups is 1. The molecule has 2 unspecified atom stereocenters. The molecule has 80 valence electrons. The third-order valence-electron chi connectivity index (χ3n) is 4.26. The number of hydrogen-bond acceptors (Lipinski definition) is 1. The maximum atomic E-state index is 10.6. The lowest BCUT2D eigenvalue weighted by Crippen LogP contribution is -2.42. The predicted octanol–water partition coefficient (Wildman–Crippen LogP) is 3.02. The summed E-state index contributed by atoms with van der Waals surface area (Å²) in [5, 5.41) is 10.6. The highest BCUT2D eigenvalue weighted by molar-refractivity contribution is 5.36. The summed E-state index contributed by atoms with van der Waals surface area (Å²) < 4.78 is 0. The molecule has 1 saturated carbocycles. The lowest BCUT2D eigenvalue weighted by molar-refractivity contribution is -0.0300. The summed E-state index contributed by atoms with van der Waals surface area (Å²) in [6.45, 7) is 0. The molecule has 0 aliphatic heterocycles. The first-order chi connectivity index (χ1) is 7.30. The number of aryl methyl sites for hydroxylation is 1. The molecule has 0 amide bonds. The summed E-state index contributed by atoms with van der Waals surface area (Å²) in [7, 11) is 0. The average Bonchev–Trinajstić information content (AvgIpc) is 2.28. The quantitative estimate of drug-likeness (QED) is 0.685. The zero-order valence-electron chi connectivity index (χ0n) is 9.08. The molecule has 0 aromatic heterocycles. The molecular formula is C14H18O. The Morgan fingerprint density at radius 1 is 1.13 bits per heavy atom. The van der Waals surface area contributed by atoms with Crippen LogP contribution in [0.1, 0.15) is 49.1 Å². The summed E-state index contributed by atoms with van der Waals surface area (Å²) in [4.78, 5) is 0. The van der Waals surface area contributed by atoms with Gasteiger partial charge in [0, 0.05) is 5.92 Å². The van der Waals surface area contributed by atoms with Gasteiger partial charge in [-0.15, -0.1) is 0 Å². The zero-order valence-corrected chi connectivity index (χ0v) is 9.08. The number of benzene rings is 1. The third kappa shape index (κ3) is 1.41. The molecule has 15 heavy (non-hydrogen) atoms. The molecule has 0 radical (unpaired) electrons. The molecule has 0 heterocycles. The second-order valence-corrected chi connectivity index (χ2v) is 5.10. The number of hydrogen-bond donors (Lipinski definition) is 1. The van der Waals surface area contributed by atoms with Gasteiger partial charge in [-0.05, 0) is 36.8 Å². The van der Waals surface area contributed by atoms with E-state index in [9.17, 15) is 5.11 Å². The maximum Gasteiger partial charge on any atom is 0.0719 e. The van der Waals surface area contributed by atoms with E-state index in [1.165, 1.54) is 30.4 Å². The lowest BCUT2D eigenvalue weighted by atomic mass is 9.65. The van der Waals surface area contributed by atoms with Crippen LogP contribution in [0.5, 0.6) is 0 Å². The first-order valence-corrected chi connectivity index (χ1v) is 6.10. The Balaban J connectivity index is 2.05. The second-order valence-electron chi connectivity index (χ2n) is 5.10. The van der Waals surface area contributed by atoms with Crippen LogP contribution < -0.4 is 0 Å². The van der Waals surface area contributed by atoms with Gasteiger partial charge in [-0.3, -0.25) is 0 Å². The Kier molecular flexibility index (Phi) is 2.10. The van der Waals surface area contributed by atoms with Gasteiger partial charge in [0.1, 0.15) is 0 Å². The van der Waals surface area contributed by atoms with Gasteiger partial charge in [0.25, 0.3) is 0 Å². The largest absolute Gasteiger partial charge is 0.389 e. The minimum absolute atomic E-state index is 0.382. The molecule has 1 fully saturated rings.